The van der Waals surface area contributed by atoms with E-state index in [1.807, 2.05) is 24.3 Å². The monoisotopic (exact) mass is 270 g/mol. The number of nitrogens with one attached hydrogen (secondary N) is 1. The van der Waals surface area contributed by atoms with Crippen molar-refractivity contribution in [3.05, 3.63) is 29.3 Å². The zero-order valence-electron chi connectivity index (χ0n) is 8.98. The van der Waals surface area contributed by atoms with Crippen LogP contribution in [0.25, 0.3) is 0 Å². The summed E-state index contributed by atoms with van der Waals surface area (Å²) in [5, 5.41) is 3.18. The third kappa shape index (κ3) is 3.14. The number of rotatable bonds is 4. The predicted molar refractivity (Wildman–Crippen MR) is 67.3 cm³/mol. The van der Waals surface area contributed by atoms with Gasteiger partial charge in [-0.15, -0.1) is 11.8 Å². The van der Waals surface area contributed by atoms with Gasteiger partial charge in [-0.2, -0.15) is 0 Å². The number of halogens is 1. The van der Waals surface area contributed by atoms with E-state index in [-0.39, 0.29) is 18.5 Å². The molecule has 17 heavy (non-hydrogen) atoms. The Kier molecular flexibility index (Phi) is 3.91. The van der Waals surface area contributed by atoms with Crippen LogP contribution < -0.4 is 5.32 Å². The molecule has 1 fully saturated rings. The maximum Gasteiger partial charge on any atom is 0.324 e. The number of carbonyl (C=O) groups excluding carboxylic acids is 2. The quantitative estimate of drug-likeness (QED) is 0.672. The van der Waals surface area contributed by atoms with Gasteiger partial charge in [0.15, 0.2) is 0 Å². The third-order valence-corrected chi connectivity index (χ3v) is 3.58. The van der Waals surface area contributed by atoms with Crippen molar-refractivity contribution < 1.29 is 9.59 Å². The second-order valence-corrected chi connectivity index (χ2v) is 5.11. The first-order chi connectivity index (χ1) is 8.16. The Hall–Kier alpha value is -1.20. The summed E-state index contributed by atoms with van der Waals surface area (Å²) < 4.78 is 0. The molecule has 6 heteroatoms. The van der Waals surface area contributed by atoms with Crippen molar-refractivity contribution in [2.24, 2.45) is 0 Å². The summed E-state index contributed by atoms with van der Waals surface area (Å²) in [5.74, 6) is 0.521. The lowest BCUT2D eigenvalue weighted by atomic mass is 10.4. The minimum absolute atomic E-state index is 0.116. The van der Waals surface area contributed by atoms with Gasteiger partial charge in [0, 0.05) is 22.2 Å². The molecule has 0 atom stereocenters. The number of hydrogen-bond donors (Lipinski definition) is 1. The van der Waals surface area contributed by atoms with E-state index in [2.05, 4.69) is 5.32 Å². The van der Waals surface area contributed by atoms with Gasteiger partial charge in [-0.1, -0.05) is 11.6 Å². The van der Waals surface area contributed by atoms with Crippen LogP contribution in [0.15, 0.2) is 29.2 Å². The fraction of sp³-hybridized carbons (Fsp3) is 0.273. The van der Waals surface area contributed by atoms with Crippen LogP contribution in [0.2, 0.25) is 5.02 Å². The number of nitrogens with zero attached hydrogens (tertiary/aromatic N) is 1. The summed E-state index contributed by atoms with van der Waals surface area (Å²) in [5.41, 5.74) is 0. The van der Waals surface area contributed by atoms with E-state index in [4.69, 9.17) is 11.6 Å². The Balaban J connectivity index is 1.81. The topological polar surface area (TPSA) is 49.4 Å². The molecule has 1 heterocycles. The molecule has 1 aromatic carbocycles. The van der Waals surface area contributed by atoms with Crippen molar-refractivity contribution in [2.75, 3.05) is 18.8 Å². The first-order valence-corrected chi connectivity index (χ1v) is 6.50. The highest BCUT2D eigenvalue weighted by atomic mass is 35.5. The van der Waals surface area contributed by atoms with E-state index in [1.54, 1.807) is 11.8 Å². The number of hydrogen-bond acceptors (Lipinski definition) is 3. The normalized spacial score (nSPS) is 15.2. The summed E-state index contributed by atoms with van der Waals surface area (Å²) >= 11 is 7.36. The van der Waals surface area contributed by atoms with E-state index in [0.29, 0.717) is 17.3 Å². The van der Waals surface area contributed by atoms with Gasteiger partial charge in [0.25, 0.3) is 0 Å². The van der Waals surface area contributed by atoms with Crippen LogP contribution in [0.4, 0.5) is 4.79 Å². The number of carbonyl (C=O) groups is 2. The van der Waals surface area contributed by atoms with Crippen LogP contribution in [0.5, 0.6) is 0 Å². The highest BCUT2D eigenvalue weighted by molar-refractivity contribution is 7.99. The molecule has 4 nitrogen and oxygen atoms in total. The molecule has 1 aromatic rings. The SMILES string of the molecule is O=C1CNC(=O)N1CCSc1ccc(Cl)cc1. The van der Waals surface area contributed by atoms with Gasteiger partial charge in [-0.25, -0.2) is 4.79 Å². The zero-order chi connectivity index (χ0) is 12.3. The van der Waals surface area contributed by atoms with Gasteiger partial charge in [-0.05, 0) is 24.3 Å². The number of benzene rings is 1. The molecule has 0 unspecified atom stereocenters. The summed E-state index contributed by atoms with van der Waals surface area (Å²) in [6, 6.07) is 7.17. The van der Waals surface area contributed by atoms with Crippen LogP contribution in [-0.2, 0) is 4.79 Å². The van der Waals surface area contributed by atoms with Crippen LogP contribution in [-0.4, -0.2) is 35.7 Å². The van der Waals surface area contributed by atoms with Gasteiger partial charge < -0.3 is 5.32 Å². The second kappa shape index (κ2) is 5.42. The molecule has 0 aromatic heterocycles. The highest BCUT2D eigenvalue weighted by Crippen LogP contribution is 2.20. The molecule has 1 N–H and O–H groups in total. The van der Waals surface area contributed by atoms with Gasteiger partial charge in [0.1, 0.15) is 0 Å². The Morgan fingerprint density at radius 1 is 1.29 bits per heavy atom. The summed E-state index contributed by atoms with van der Waals surface area (Å²) in [4.78, 5) is 24.8. The first kappa shape index (κ1) is 12.3. The summed E-state index contributed by atoms with van der Waals surface area (Å²) in [6.07, 6.45) is 0. The largest absolute Gasteiger partial charge is 0.329 e. The van der Waals surface area contributed by atoms with Crippen LogP contribution in [0.1, 0.15) is 0 Å². The van der Waals surface area contributed by atoms with Crippen LogP contribution >= 0.6 is 23.4 Å². The third-order valence-electron chi connectivity index (χ3n) is 2.33. The summed E-state index contributed by atoms with van der Waals surface area (Å²) in [7, 11) is 0. The van der Waals surface area contributed by atoms with Crippen molar-refractivity contribution >= 4 is 35.3 Å². The van der Waals surface area contributed by atoms with E-state index in [0.717, 1.165) is 4.90 Å². The molecule has 0 saturated carbocycles. The van der Waals surface area contributed by atoms with E-state index >= 15 is 0 Å². The maximum absolute atomic E-state index is 11.3. The Labute approximate surface area is 108 Å². The maximum atomic E-state index is 11.3. The Morgan fingerprint density at radius 3 is 2.59 bits per heavy atom. The lowest BCUT2D eigenvalue weighted by Crippen LogP contribution is -2.32. The average molecular weight is 271 g/mol. The van der Waals surface area contributed by atoms with E-state index in [9.17, 15) is 9.59 Å². The van der Waals surface area contributed by atoms with Crippen molar-refractivity contribution in [3.8, 4) is 0 Å². The number of amides is 3. The Morgan fingerprint density at radius 2 is 2.00 bits per heavy atom. The molecule has 1 saturated heterocycles. The molecule has 0 aliphatic carbocycles. The van der Waals surface area contributed by atoms with E-state index < -0.39 is 0 Å². The minimum Gasteiger partial charge on any atom is -0.329 e. The van der Waals surface area contributed by atoms with Gasteiger partial charge >= 0.3 is 6.03 Å². The Bertz CT molecular complexity index is 420. The summed E-state index contributed by atoms with van der Waals surface area (Å²) in [6.45, 7) is 0.544. The highest BCUT2D eigenvalue weighted by Gasteiger charge is 2.27. The number of imide groups is 1. The van der Waals surface area contributed by atoms with Crippen molar-refractivity contribution in [1.29, 1.82) is 0 Å². The second-order valence-electron chi connectivity index (χ2n) is 3.51. The number of thioether (sulfide) groups is 1. The van der Waals surface area contributed by atoms with Gasteiger partial charge in [0.2, 0.25) is 5.91 Å². The fourth-order valence-electron chi connectivity index (χ4n) is 1.47. The molecule has 1 aliphatic heterocycles. The molecule has 90 valence electrons. The van der Waals surface area contributed by atoms with Gasteiger partial charge in [-0.3, -0.25) is 9.69 Å². The van der Waals surface area contributed by atoms with Crippen molar-refractivity contribution in [1.82, 2.24) is 10.2 Å². The lowest BCUT2D eigenvalue weighted by Gasteiger charge is -2.11. The van der Waals surface area contributed by atoms with E-state index in [1.165, 1.54) is 4.90 Å². The zero-order valence-corrected chi connectivity index (χ0v) is 10.6. The molecule has 3 amide bonds. The van der Waals surface area contributed by atoms with Crippen LogP contribution in [0.3, 0.4) is 0 Å². The van der Waals surface area contributed by atoms with Crippen LogP contribution in [0, 0.1) is 0 Å². The molecule has 0 bridgehead atoms. The molecular formula is C11H11ClN2O2S. The molecule has 1 aliphatic rings. The lowest BCUT2D eigenvalue weighted by molar-refractivity contribution is -0.124. The predicted octanol–water partition coefficient (Wildman–Crippen LogP) is 1.98. The van der Waals surface area contributed by atoms with Gasteiger partial charge in [0.05, 0.1) is 6.54 Å². The first-order valence-electron chi connectivity index (χ1n) is 5.13. The molecule has 2 rings (SSSR count). The molecule has 0 spiro atoms. The van der Waals surface area contributed by atoms with Crippen molar-refractivity contribution in [2.45, 2.75) is 4.90 Å². The molecular weight excluding hydrogens is 260 g/mol. The minimum atomic E-state index is -0.299. The smallest absolute Gasteiger partial charge is 0.324 e. The fourth-order valence-corrected chi connectivity index (χ4v) is 2.43. The average Bonchev–Trinajstić information content (AvgIpc) is 2.63. The molecule has 0 radical (unpaired) electrons. The standard InChI is InChI=1S/C11H11ClN2O2S/c12-8-1-3-9(4-2-8)17-6-5-14-10(15)7-13-11(14)16/h1-4H,5-7H2,(H,13,16). The van der Waals surface area contributed by atoms with Crippen molar-refractivity contribution in [3.63, 3.8) is 0 Å². The number of urea groups is 1.